The van der Waals surface area contributed by atoms with E-state index in [-0.39, 0.29) is 5.82 Å². The number of anilines is 1. The molecule has 1 aromatic heterocycles. The Morgan fingerprint density at radius 1 is 1.50 bits per heavy atom. The Kier molecular flexibility index (Phi) is 4.97. The molecular weight excluding hydrogens is 299 g/mol. The van der Waals surface area contributed by atoms with Crippen LogP contribution in [0.25, 0.3) is 0 Å². The van der Waals surface area contributed by atoms with E-state index in [0.29, 0.717) is 23.1 Å². The van der Waals surface area contributed by atoms with Gasteiger partial charge in [0, 0.05) is 21.7 Å². The average Bonchev–Trinajstić information content (AvgIpc) is 2.84. The Balaban J connectivity index is 1.99. The number of nitrogens with two attached hydrogens (primary N) is 1. The smallest absolute Gasteiger partial charge is 0.367 e. The van der Waals surface area contributed by atoms with Crippen molar-refractivity contribution in [1.29, 1.82) is 0 Å². The van der Waals surface area contributed by atoms with Gasteiger partial charge in [-0.1, -0.05) is 0 Å². The number of hydrogen-bond donors (Lipinski definition) is 1. The lowest BCUT2D eigenvalue weighted by Gasteiger charge is -2.01. The molecule has 0 saturated heterocycles. The molecule has 0 aliphatic heterocycles. The molecule has 0 radical (unpaired) electrons. The highest BCUT2D eigenvalue weighted by atomic mass is 32.2. The molecule has 106 valence electrons. The fourth-order valence-corrected chi connectivity index (χ4v) is 3.18. The molecule has 0 saturated carbocycles. The summed E-state index contributed by atoms with van der Waals surface area (Å²) in [5.41, 5.74) is 6.72. The third-order valence-corrected chi connectivity index (χ3v) is 4.16. The third kappa shape index (κ3) is 3.94. The minimum absolute atomic E-state index is 0.324. The summed E-state index contributed by atoms with van der Waals surface area (Å²) in [6.45, 7) is 2.07. The van der Waals surface area contributed by atoms with Crippen molar-refractivity contribution in [3.05, 3.63) is 40.1 Å². The first-order valence-electron chi connectivity index (χ1n) is 5.89. The number of carbonyl (C=O) groups excluding carboxylic acids is 1. The van der Waals surface area contributed by atoms with Crippen LogP contribution in [-0.2, 0) is 10.5 Å². The molecule has 0 amide bonds. The van der Waals surface area contributed by atoms with Gasteiger partial charge in [-0.2, -0.15) is 0 Å². The minimum atomic E-state index is -0.413. The topological polar surface area (TPSA) is 65.2 Å². The lowest BCUT2D eigenvalue weighted by molar-refractivity contribution is 0.0525. The number of thioether (sulfide) groups is 1. The number of hydrogen-bond acceptors (Lipinski definition) is 6. The molecule has 0 bridgehead atoms. The first-order valence-corrected chi connectivity index (χ1v) is 7.75. The van der Waals surface area contributed by atoms with E-state index in [9.17, 15) is 9.18 Å². The monoisotopic (exact) mass is 312 g/mol. The number of thiazole rings is 1. The van der Waals surface area contributed by atoms with Crippen molar-refractivity contribution < 1.29 is 13.9 Å². The van der Waals surface area contributed by atoms with E-state index in [1.54, 1.807) is 18.4 Å². The van der Waals surface area contributed by atoms with Gasteiger partial charge in [-0.15, -0.1) is 23.1 Å². The molecule has 0 unspecified atom stereocenters. The van der Waals surface area contributed by atoms with Crippen LogP contribution in [0.15, 0.2) is 28.5 Å². The number of benzene rings is 1. The maximum absolute atomic E-state index is 13.2. The average molecular weight is 312 g/mol. The Morgan fingerprint density at radius 3 is 3.00 bits per heavy atom. The zero-order valence-electron chi connectivity index (χ0n) is 10.8. The van der Waals surface area contributed by atoms with Crippen LogP contribution in [0.3, 0.4) is 0 Å². The Morgan fingerprint density at radius 2 is 2.30 bits per heavy atom. The van der Waals surface area contributed by atoms with Crippen molar-refractivity contribution in [3.8, 4) is 0 Å². The van der Waals surface area contributed by atoms with Gasteiger partial charge in [0.25, 0.3) is 0 Å². The second-order valence-electron chi connectivity index (χ2n) is 3.87. The van der Waals surface area contributed by atoms with E-state index in [0.717, 1.165) is 10.6 Å². The van der Waals surface area contributed by atoms with E-state index in [1.165, 1.54) is 35.2 Å². The van der Waals surface area contributed by atoms with Crippen LogP contribution in [0.2, 0.25) is 0 Å². The van der Waals surface area contributed by atoms with Crippen LogP contribution in [0.4, 0.5) is 10.1 Å². The van der Waals surface area contributed by atoms with Crippen LogP contribution in [0, 0.1) is 5.82 Å². The van der Waals surface area contributed by atoms with Gasteiger partial charge in [-0.3, -0.25) is 0 Å². The van der Waals surface area contributed by atoms with E-state index in [1.807, 2.05) is 0 Å². The number of ether oxygens (including phenoxy) is 1. The molecule has 0 atom stereocenters. The molecular formula is C13H13FN2O2S2. The van der Waals surface area contributed by atoms with Crippen LogP contribution in [0.5, 0.6) is 0 Å². The number of esters is 1. The largest absolute Gasteiger partial charge is 0.461 e. The van der Waals surface area contributed by atoms with Gasteiger partial charge < -0.3 is 10.5 Å². The van der Waals surface area contributed by atoms with E-state index >= 15 is 0 Å². The van der Waals surface area contributed by atoms with Crippen molar-refractivity contribution in [2.45, 2.75) is 17.6 Å². The van der Waals surface area contributed by atoms with Crippen LogP contribution < -0.4 is 5.73 Å². The summed E-state index contributed by atoms with van der Waals surface area (Å²) in [5, 5.41) is 2.13. The molecule has 2 N–H and O–H groups in total. The molecule has 20 heavy (non-hydrogen) atoms. The predicted octanol–water partition coefficient (Wildman–Crippen LogP) is 3.33. The number of aromatic nitrogens is 1. The summed E-state index contributed by atoms with van der Waals surface area (Å²) >= 11 is 2.65. The normalized spacial score (nSPS) is 10.5. The zero-order chi connectivity index (χ0) is 14.5. The van der Waals surface area contributed by atoms with Crippen LogP contribution >= 0.6 is 23.1 Å². The first-order chi connectivity index (χ1) is 9.58. The molecule has 0 aliphatic rings. The number of carbonyl (C=O) groups is 1. The molecule has 0 spiro atoms. The van der Waals surface area contributed by atoms with Gasteiger partial charge in [-0.25, -0.2) is 14.2 Å². The van der Waals surface area contributed by atoms with Crippen molar-refractivity contribution in [1.82, 2.24) is 4.98 Å². The minimum Gasteiger partial charge on any atom is -0.461 e. The van der Waals surface area contributed by atoms with E-state index < -0.39 is 5.97 Å². The second-order valence-corrected chi connectivity index (χ2v) is 5.78. The Hall–Kier alpha value is -1.60. The molecule has 2 rings (SSSR count). The Labute approximate surface area is 124 Å². The SMILES string of the molecule is CCOC(=O)c1nc(CSc2cc(N)cc(F)c2)cs1. The molecule has 1 heterocycles. The quantitative estimate of drug-likeness (QED) is 0.521. The molecule has 2 aromatic rings. The maximum Gasteiger partial charge on any atom is 0.367 e. The molecule has 1 aromatic carbocycles. The summed E-state index contributed by atoms with van der Waals surface area (Å²) in [5.74, 6) is -0.236. The van der Waals surface area contributed by atoms with E-state index in [4.69, 9.17) is 10.5 Å². The number of halogens is 1. The Bertz CT molecular complexity index is 596. The van der Waals surface area contributed by atoms with Crippen molar-refractivity contribution in [2.75, 3.05) is 12.3 Å². The second kappa shape index (κ2) is 6.71. The summed E-state index contributed by atoms with van der Waals surface area (Å²) in [6.07, 6.45) is 0. The lowest BCUT2D eigenvalue weighted by Crippen LogP contribution is -2.03. The molecule has 7 heteroatoms. The number of nitrogen functional groups attached to an aromatic ring is 1. The van der Waals surface area contributed by atoms with Gasteiger partial charge in [0.05, 0.1) is 12.3 Å². The van der Waals surface area contributed by atoms with Crippen LogP contribution in [0.1, 0.15) is 22.4 Å². The van der Waals surface area contributed by atoms with Gasteiger partial charge in [-0.05, 0) is 25.1 Å². The number of nitrogens with zero attached hydrogens (tertiary/aromatic N) is 1. The fourth-order valence-electron chi connectivity index (χ4n) is 1.48. The fraction of sp³-hybridized carbons (Fsp3) is 0.231. The molecule has 0 fully saturated rings. The molecule has 0 aliphatic carbocycles. The van der Waals surface area contributed by atoms with Gasteiger partial charge >= 0.3 is 5.97 Å². The van der Waals surface area contributed by atoms with Gasteiger partial charge in [0.2, 0.25) is 5.01 Å². The standard InChI is InChI=1S/C13H13FN2O2S2/c1-2-18-13(17)12-16-10(7-20-12)6-19-11-4-8(14)3-9(15)5-11/h3-5,7H,2,6,15H2,1H3. The lowest BCUT2D eigenvalue weighted by atomic mass is 10.3. The van der Waals surface area contributed by atoms with E-state index in [2.05, 4.69) is 4.98 Å². The van der Waals surface area contributed by atoms with Gasteiger partial charge in [0.1, 0.15) is 5.82 Å². The summed E-state index contributed by atoms with van der Waals surface area (Å²) in [4.78, 5) is 16.4. The van der Waals surface area contributed by atoms with Crippen LogP contribution in [-0.4, -0.2) is 17.6 Å². The van der Waals surface area contributed by atoms with Crippen molar-refractivity contribution >= 4 is 34.8 Å². The maximum atomic E-state index is 13.2. The first kappa shape index (κ1) is 14.8. The zero-order valence-corrected chi connectivity index (χ0v) is 12.4. The summed E-state index contributed by atoms with van der Waals surface area (Å²) < 4.78 is 18.1. The van der Waals surface area contributed by atoms with Gasteiger partial charge in [0.15, 0.2) is 0 Å². The van der Waals surface area contributed by atoms with Crippen molar-refractivity contribution in [2.24, 2.45) is 0 Å². The predicted molar refractivity (Wildman–Crippen MR) is 78.4 cm³/mol. The summed E-state index contributed by atoms with van der Waals surface area (Å²) in [6, 6.07) is 4.39. The molecule has 4 nitrogen and oxygen atoms in total. The highest BCUT2D eigenvalue weighted by Crippen LogP contribution is 2.26. The van der Waals surface area contributed by atoms with Crippen molar-refractivity contribution in [3.63, 3.8) is 0 Å². The highest BCUT2D eigenvalue weighted by molar-refractivity contribution is 7.98. The summed E-state index contributed by atoms with van der Waals surface area (Å²) in [7, 11) is 0. The highest BCUT2D eigenvalue weighted by Gasteiger charge is 2.12. The third-order valence-electron chi connectivity index (χ3n) is 2.28. The number of rotatable bonds is 5.